The quantitative estimate of drug-likeness (QED) is 0.168. The zero-order chi connectivity index (χ0) is 29.3. The Hall–Kier alpha value is -4.61. The molecule has 8 aromatic rings. The van der Waals surface area contributed by atoms with Gasteiger partial charge in [-0.2, -0.15) is 0 Å². The van der Waals surface area contributed by atoms with Gasteiger partial charge >= 0.3 is 0 Å². The Kier molecular flexibility index (Phi) is 8.27. The summed E-state index contributed by atoms with van der Waals surface area (Å²) in [6, 6.07) is 49.8. The first kappa shape index (κ1) is 29.1. The number of pyridine rings is 2. The average Bonchev–Trinajstić information content (AvgIpc) is 3.73. The van der Waals surface area contributed by atoms with Crippen molar-refractivity contribution in [1.82, 2.24) is 19.9 Å². The second-order valence-electron chi connectivity index (χ2n) is 10.3. The van der Waals surface area contributed by atoms with E-state index in [0.29, 0.717) is 0 Å². The normalized spacial score (nSPS) is 10.9. The fourth-order valence-corrected chi connectivity index (χ4v) is 7.27. The fourth-order valence-electron chi connectivity index (χ4n) is 5.40. The van der Waals surface area contributed by atoms with Crippen LogP contribution in [0.5, 0.6) is 0 Å². The van der Waals surface area contributed by atoms with E-state index in [1.165, 1.54) is 0 Å². The van der Waals surface area contributed by atoms with Gasteiger partial charge in [0.05, 0.1) is 43.2 Å². The molecule has 218 valence electrons. The van der Waals surface area contributed by atoms with E-state index in [9.17, 15) is 0 Å². The van der Waals surface area contributed by atoms with Crippen molar-refractivity contribution in [3.63, 3.8) is 0 Å². The summed E-state index contributed by atoms with van der Waals surface area (Å²) in [5.74, 6) is 0. The van der Waals surface area contributed by atoms with Gasteiger partial charge in [0.2, 0.25) is 0 Å². The van der Waals surface area contributed by atoms with E-state index >= 15 is 0 Å². The van der Waals surface area contributed by atoms with Crippen LogP contribution in [0.25, 0.3) is 53.0 Å². The van der Waals surface area contributed by atoms with Gasteiger partial charge in [-0.25, -0.2) is 19.9 Å². The Labute approximate surface area is 283 Å². The molecule has 7 heteroatoms. The topological polar surface area (TPSA) is 51.6 Å². The largest absolute Gasteiger partial charge is 0.245 e. The molecule has 0 saturated carbocycles. The van der Waals surface area contributed by atoms with Gasteiger partial charge in [-0.15, -0.1) is 22.7 Å². The number of nitrogens with zero attached hydrogens (tertiary/aromatic N) is 4. The molecule has 8 rings (SSSR count). The summed E-state index contributed by atoms with van der Waals surface area (Å²) in [4.78, 5) is 20.3. The van der Waals surface area contributed by atoms with Gasteiger partial charge in [-0.05, 0) is 59.7 Å². The van der Waals surface area contributed by atoms with Gasteiger partial charge in [0, 0.05) is 32.2 Å². The van der Waals surface area contributed by atoms with Gasteiger partial charge in [0.1, 0.15) is 10.0 Å². The minimum Gasteiger partial charge on any atom is -0.245 e. The number of benzene rings is 4. The molecule has 4 nitrogen and oxygen atoms in total. The van der Waals surface area contributed by atoms with Crippen molar-refractivity contribution in [2.75, 3.05) is 0 Å². The Balaban J connectivity index is 0.00000325. The van der Waals surface area contributed by atoms with E-state index in [2.05, 4.69) is 84.9 Å². The van der Waals surface area contributed by atoms with Gasteiger partial charge in [-0.3, -0.25) is 0 Å². The molecule has 0 aliphatic carbocycles. The molecule has 0 saturated heterocycles. The molecule has 0 N–H and O–H groups in total. The molecule has 45 heavy (non-hydrogen) atoms. The number of aromatic nitrogens is 4. The second kappa shape index (κ2) is 12.8. The predicted molar refractivity (Wildman–Crippen MR) is 184 cm³/mol. The third kappa shape index (κ3) is 5.81. The van der Waals surface area contributed by atoms with E-state index in [1.54, 1.807) is 22.7 Å². The number of hydrogen-bond acceptors (Lipinski definition) is 6. The van der Waals surface area contributed by atoms with Crippen LogP contribution in [0, 0.1) is 0 Å². The van der Waals surface area contributed by atoms with Crippen LogP contribution in [0.4, 0.5) is 0 Å². The van der Waals surface area contributed by atoms with Gasteiger partial charge < -0.3 is 0 Å². The SMILES string of the molecule is [Pt].c1ccc(C(=C(c2cccc(-c3nc4ccccc4s3)n2)c2cccc(-c3nc4ccccc4s3)n2)c2ccccc2)cc1. The first-order valence-corrected chi connectivity index (χ1v) is 16.0. The smallest absolute Gasteiger partial charge is 0.143 e. The fraction of sp³-hybridized carbons (Fsp3) is 0. The molecule has 0 aliphatic heterocycles. The molecule has 4 aromatic carbocycles. The van der Waals surface area contributed by atoms with Crippen LogP contribution in [-0.2, 0) is 21.1 Å². The molecule has 0 spiro atoms. The summed E-state index contributed by atoms with van der Waals surface area (Å²) in [6.07, 6.45) is 0. The predicted octanol–water partition coefficient (Wildman–Crippen LogP) is 10.0. The maximum Gasteiger partial charge on any atom is 0.143 e. The summed E-state index contributed by atoms with van der Waals surface area (Å²) in [6.45, 7) is 0. The number of hydrogen-bond donors (Lipinski definition) is 0. The zero-order valence-electron chi connectivity index (χ0n) is 23.8. The standard InChI is InChI=1S/C38H24N4S2.Pt/c1-3-13-25(14-4-1)35(26-15-5-2-6-16-26)36(29-19-11-21-31(39-29)37-41-27-17-7-9-23-33(27)43-37)30-20-12-22-32(40-30)38-42-28-18-8-10-24-34(28)44-38;/h1-24H;. The molecule has 0 bridgehead atoms. The van der Waals surface area contributed by atoms with Crippen molar-refractivity contribution in [2.24, 2.45) is 0 Å². The number of thiazole rings is 2. The van der Waals surface area contributed by atoms with Crippen molar-refractivity contribution >= 4 is 54.3 Å². The summed E-state index contributed by atoms with van der Waals surface area (Å²) >= 11 is 3.31. The van der Waals surface area contributed by atoms with Crippen LogP contribution < -0.4 is 0 Å². The van der Waals surface area contributed by atoms with Gasteiger partial charge in [-0.1, -0.05) is 97.1 Å². The molecule has 0 atom stereocenters. The van der Waals surface area contributed by atoms with E-state index in [-0.39, 0.29) is 21.1 Å². The van der Waals surface area contributed by atoms with E-state index in [0.717, 1.165) is 75.5 Å². The van der Waals surface area contributed by atoms with Crippen LogP contribution in [0.1, 0.15) is 22.5 Å². The van der Waals surface area contributed by atoms with E-state index in [4.69, 9.17) is 19.9 Å². The summed E-state index contributed by atoms with van der Waals surface area (Å²) in [7, 11) is 0. The Morgan fingerprint density at radius 2 is 0.800 bits per heavy atom. The molecule has 0 unspecified atom stereocenters. The molecule has 4 aromatic heterocycles. The first-order chi connectivity index (χ1) is 21.8. The van der Waals surface area contributed by atoms with Crippen molar-refractivity contribution < 1.29 is 21.1 Å². The van der Waals surface area contributed by atoms with Crippen LogP contribution in [0.15, 0.2) is 146 Å². The third-order valence-electron chi connectivity index (χ3n) is 7.41. The monoisotopic (exact) mass is 795 g/mol. The summed E-state index contributed by atoms with van der Waals surface area (Å²) in [5, 5.41) is 1.79. The molecule has 4 heterocycles. The van der Waals surface area contributed by atoms with E-state index in [1.807, 2.05) is 60.7 Å². The Bertz CT molecular complexity index is 2070. The average molecular weight is 796 g/mol. The van der Waals surface area contributed by atoms with Crippen LogP contribution in [0.3, 0.4) is 0 Å². The van der Waals surface area contributed by atoms with Crippen LogP contribution in [0.2, 0.25) is 0 Å². The van der Waals surface area contributed by atoms with Gasteiger partial charge in [0.25, 0.3) is 0 Å². The maximum absolute atomic E-state index is 5.26. The first-order valence-electron chi connectivity index (χ1n) is 14.3. The van der Waals surface area contributed by atoms with Crippen molar-refractivity contribution in [1.29, 1.82) is 0 Å². The van der Waals surface area contributed by atoms with E-state index < -0.39 is 0 Å². The van der Waals surface area contributed by atoms with Crippen molar-refractivity contribution in [2.45, 2.75) is 0 Å². The molecule has 0 fully saturated rings. The summed E-state index contributed by atoms with van der Waals surface area (Å²) < 4.78 is 2.29. The number of para-hydroxylation sites is 2. The molecule has 0 aliphatic rings. The van der Waals surface area contributed by atoms with Crippen LogP contribution >= 0.6 is 22.7 Å². The number of fused-ring (bicyclic) bond motifs is 2. The second-order valence-corrected chi connectivity index (χ2v) is 12.3. The van der Waals surface area contributed by atoms with Crippen LogP contribution in [-0.4, -0.2) is 19.9 Å². The number of rotatable bonds is 6. The van der Waals surface area contributed by atoms with Crippen molar-refractivity contribution in [3.8, 4) is 21.4 Å². The third-order valence-corrected chi connectivity index (χ3v) is 9.53. The Morgan fingerprint density at radius 3 is 1.24 bits per heavy atom. The summed E-state index contributed by atoms with van der Waals surface area (Å²) in [5.41, 5.74) is 9.50. The van der Waals surface area contributed by atoms with Gasteiger partial charge in [0.15, 0.2) is 0 Å². The minimum atomic E-state index is 0. The molecule has 0 amide bonds. The molecular formula is C38H24N4PtS2. The molecule has 0 radical (unpaired) electrons. The van der Waals surface area contributed by atoms with Crippen molar-refractivity contribution in [3.05, 3.63) is 168 Å². The Morgan fingerprint density at radius 1 is 0.378 bits per heavy atom. The zero-order valence-corrected chi connectivity index (χ0v) is 27.7. The molecular weight excluding hydrogens is 772 g/mol. The minimum absolute atomic E-state index is 0. The maximum atomic E-state index is 5.26.